The standard InChI is InChI=1S/C13H25NO3/c14-10-13(12(16)17,9-11-5-6-11)7-3-1-2-4-8-15/h11,15H,1-10,14H2,(H,16,17). The molecule has 0 radical (unpaired) electrons. The van der Waals surface area contributed by atoms with Crippen molar-refractivity contribution >= 4 is 5.97 Å². The van der Waals surface area contributed by atoms with Crippen molar-refractivity contribution < 1.29 is 15.0 Å². The number of aliphatic carboxylic acids is 1. The van der Waals surface area contributed by atoms with Gasteiger partial charge in [0.25, 0.3) is 0 Å². The molecule has 1 unspecified atom stereocenters. The molecule has 0 spiro atoms. The fourth-order valence-corrected chi connectivity index (χ4v) is 2.37. The summed E-state index contributed by atoms with van der Waals surface area (Å²) in [5, 5.41) is 18.1. The van der Waals surface area contributed by atoms with Crippen LogP contribution in [0, 0.1) is 11.3 Å². The van der Waals surface area contributed by atoms with E-state index < -0.39 is 11.4 Å². The molecule has 0 amide bonds. The van der Waals surface area contributed by atoms with E-state index in [0.29, 0.717) is 12.3 Å². The van der Waals surface area contributed by atoms with Crippen LogP contribution in [-0.2, 0) is 4.79 Å². The van der Waals surface area contributed by atoms with Crippen LogP contribution in [0.2, 0.25) is 0 Å². The highest BCUT2D eigenvalue weighted by Crippen LogP contribution is 2.42. The van der Waals surface area contributed by atoms with E-state index in [1.807, 2.05) is 0 Å². The van der Waals surface area contributed by atoms with E-state index in [0.717, 1.165) is 32.1 Å². The Kier molecular flexibility index (Phi) is 5.92. The monoisotopic (exact) mass is 243 g/mol. The van der Waals surface area contributed by atoms with Gasteiger partial charge in [-0.15, -0.1) is 0 Å². The lowest BCUT2D eigenvalue weighted by molar-refractivity contribution is -0.149. The molecule has 4 N–H and O–H groups in total. The third kappa shape index (κ3) is 4.64. The van der Waals surface area contributed by atoms with Crippen molar-refractivity contribution in [2.24, 2.45) is 17.1 Å². The van der Waals surface area contributed by atoms with Gasteiger partial charge in [0.2, 0.25) is 0 Å². The molecule has 1 rings (SSSR count). The Morgan fingerprint density at radius 1 is 1.24 bits per heavy atom. The minimum Gasteiger partial charge on any atom is -0.481 e. The van der Waals surface area contributed by atoms with Gasteiger partial charge in [-0.1, -0.05) is 32.1 Å². The predicted molar refractivity (Wildman–Crippen MR) is 66.6 cm³/mol. The molecule has 1 atom stereocenters. The van der Waals surface area contributed by atoms with E-state index in [1.54, 1.807) is 0 Å². The molecule has 1 saturated carbocycles. The maximum atomic E-state index is 11.4. The largest absolute Gasteiger partial charge is 0.481 e. The molecule has 0 bridgehead atoms. The van der Waals surface area contributed by atoms with Crippen molar-refractivity contribution in [3.05, 3.63) is 0 Å². The number of hydrogen-bond acceptors (Lipinski definition) is 3. The molecule has 1 fully saturated rings. The first kappa shape index (κ1) is 14.5. The number of carbonyl (C=O) groups is 1. The Morgan fingerprint density at radius 2 is 1.88 bits per heavy atom. The van der Waals surface area contributed by atoms with Gasteiger partial charge in [-0.05, 0) is 25.2 Å². The summed E-state index contributed by atoms with van der Waals surface area (Å²) in [5.41, 5.74) is 5.01. The molecule has 4 nitrogen and oxygen atoms in total. The summed E-state index contributed by atoms with van der Waals surface area (Å²) in [4.78, 5) is 11.4. The van der Waals surface area contributed by atoms with Crippen LogP contribution in [0.3, 0.4) is 0 Å². The maximum Gasteiger partial charge on any atom is 0.310 e. The highest BCUT2D eigenvalue weighted by atomic mass is 16.4. The van der Waals surface area contributed by atoms with Gasteiger partial charge in [0, 0.05) is 13.2 Å². The van der Waals surface area contributed by atoms with E-state index in [4.69, 9.17) is 10.8 Å². The fourth-order valence-electron chi connectivity index (χ4n) is 2.37. The van der Waals surface area contributed by atoms with Gasteiger partial charge in [-0.25, -0.2) is 0 Å². The SMILES string of the molecule is NCC(CCCCCCO)(CC1CC1)C(=O)O. The van der Waals surface area contributed by atoms with Crippen molar-refractivity contribution in [1.82, 2.24) is 0 Å². The maximum absolute atomic E-state index is 11.4. The van der Waals surface area contributed by atoms with Crippen molar-refractivity contribution in [3.8, 4) is 0 Å². The van der Waals surface area contributed by atoms with Crippen LogP contribution in [0.15, 0.2) is 0 Å². The first-order valence-corrected chi connectivity index (χ1v) is 6.69. The molecule has 0 aliphatic heterocycles. The van der Waals surface area contributed by atoms with Gasteiger partial charge in [0.15, 0.2) is 0 Å². The van der Waals surface area contributed by atoms with Gasteiger partial charge in [0.05, 0.1) is 5.41 Å². The highest BCUT2D eigenvalue weighted by molar-refractivity contribution is 5.75. The van der Waals surface area contributed by atoms with E-state index in [2.05, 4.69) is 0 Å². The van der Waals surface area contributed by atoms with Gasteiger partial charge >= 0.3 is 5.97 Å². The Bertz CT molecular complexity index is 241. The second-order valence-corrected chi connectivity index (χ2v) is 5.32. The summed E-state index contributed by atoms with van der Waals surface area (Å²) in [5.74, 6) is -0.138. The van der Waals surface area contributed by atoms with E-state index >= 15 is 0 Å². The lowest BCUT2D eigenvalue weighted by Gasteiger charge is -2.28. The molecular formula is C13H25NO3. The molecule has 1 aliphatic carbocycles. The quantitative estimate of drug-likeness (QED) is 0.510. The molecule has 100 valence electrons. The Hall–Kier alpha value is -0.610. The van der Waals surface area contributed by atoms with Crippen molar-refractivity contribution in [1.29, 1.82) is 0 Å². The zero-order valence-corrected chi connectivity index (χ0v) is 10.5. The van der Waals surface area contributed by atoms with Gasteiger partial charge in [0.1, 0.15) is 0 Å². The second kappa shape index (κ2) is 6.97. The van der Waals surface area contributed by atoms with E-state index in [-0.39, 0.29) is 13.2 Å². The molecular weight excluding hydrogens is 218 g/mol. The number of rotatable bonds is 10. The number of aliphatic hydroxyl groups excluding tert-OH is 1. The number of carboxylic acids is 1. The summed E-state index contributed by atoms with van der Waals surface area (Å²) in [6.07, 6.45) is 7.43. The van der Waals surface area contributed by atoms with Crippen molar-refractivity contribution in [2.45, 2.75) is 51.4 Å². The smallest absolute Gasteiger partial charge is 0.310 e. The number of unbranched alkanes of at least 4 members (excludes halogenated alkanes) is 3. The Morgan fingerprint density at radius 3 is 2.35 bits per heavy atom. The van der Waals surface area contributed by atoms with Crippen LogP contribution >= 0.6 is 0 Å². The number of aliphatic hydroxyl groups is 1. The Labute approximate surface area is 103 Å². The van der Waals surface area contributed by atoms with Gasteiger partial charge in [-0.3, -0.25) is 4.79 Å². The molecule has 0 saturated heterocycles. The Balaban J connectivity index is 2.36. The van der Waals surface area contributed by atoms with E-state index in [1.165, 1.54) is 12.8 Å². The van der Waals surface area contributed by atoms with Gasteiger partial charge in [-0.2, -0.15) is 0 Å². The van der Waals surface area contributed by atoms with Crippen LogP contribution in [0.1, 0.15) is 51.4 Å². The summed E-state index contributed by atoms with van der Waals surface area (Å²) in [6.45, 7) is 0.474. The van der Waals surface area contributed by atoms with Crippen LogP contribution in [0.25, 0.3) is 0 Å². The highest BCUT2D eigenvalue weighted by Gasteiger charge is 2.41. The normalized spacial score (nSPS) is 18.9. The summed E-state index contributed by atoms with van der Waals surface area (Å²) < 4.78 is 0. The lowest BCUT2D eigenvalue weighted by atomic mass is 9.78. The molecule has 0 heterocycles. The molecule has 0 aromatic carbocycles. The first-order chi connectivity index (χ1) is 8.14. The van der Waals surface area contributed by atoms with Gasteiger partial charge < -0.3 is 15.9 Å². The third-order valence-corrected chi connectivity index (χ3v) is 3.78. The lowest BCUT2D eigenvalue weighted by Crippen LogP contribution is -2.39. The fraction of sp³-hybridized carbons (Fsp3) is 0.923. The molecule has 1 aliphatic rings. The summed E-state index contributed by atoms with van der Waals surface area (Å²) >= 11 is 0. The second-order valence-electron chi connectivity index (χ2n) is 5.32. The van der Waals surface area contributed by atoms with Crippen molar-refractivity contribution in [3.63, 3.8) is 0 Å². The van der Waals surface area contributed by atoms with Crippen LogP contribution in [0.4, 0.5) is 0 Å². The first-order valence-electron chi connectivity index (χ1n) is 6.69. The zero-order chi connectivity index (χ0) is 12.7. The molecule has 17 heavy (non-hydrogen) atoms. The molecule has 4 heteroatoms. The molecule has 0 aromatic heterocycles. The van der Waals surface area contributed by atoms with Crippen LogP contribution in [0.5, 0.6) is 0 Å². The minimum atomic E-state index is -0.728. The predicted octanol–water partition coefficient (Wildman–Crippen LogP) is 1.76. The average molecular weight is 243 g/mol. The average Bonchev–Trinajstić information content (AvgIpc) is 3.10. The number of hydrogen-bond donors (Lipinski definition) is 3. The number of nitrogens with two attached hydrogens (primary N) is 1. The summed E-state index contributed by atoms with van der Waals surface area (Å²) in [7, 11) is 0. The van der Waals surface area contributed by atoms with E-state index in [9.17, 15) is 9.90 Å². The zero-order valence-electron chi connectivity index (χ0n) is 10.5. The molecule has 0 aromatic rings. The van der Waals surface area contributed by atoms with Crippen molar-refractivity contribution in [2.75, 3.05) is 13.2 Å². The van der Waals surface area contributed by atoms with Crippen LogP contribution in [-0.4, -0.2) is 29.3 Å². The summed E-state index contributed by atoms with van der Waals surface area (Å²) in [6, 6.07) is 0. The third-order valence-electron chi connectivity index (χ3n) is 3.78. The minimum absolute atomic E-state index is 0.225. The topological polar surface area (TPSA) is 83.5 Å². The number of carboxylic acid groups (broad SMARTS) is 1. The van der Waals surface area contributed by atoms with Crippen LogP contribution < -0.4 is 5.73 Å².